The number of nitriles is 1. The van der Waals surface area contributed by atoms with Crippen LogP contribution in [0.4, 0.5) is 27.3 Å². The van der Waals surface area contributed by atoms with Gasteiger partial charge in [-0.05, 0) is 49.0 Å². The molecule has 10 nitrogen and oxygen atoms in total. The van der Waals surface area contributed by atoms with E-state index in [4.69, 9.17) is 10.5 Å². The minimum Gasteiger partial charge on any atom is -0.496 e. The molecule has 2 aromatic carbocycles. The number of carbonyl (C=O) groups excluding carboxylic acids is 2. The number of ether oxygens (including phenoxy) is 1. The quantitative estimate of drug-likeness (QED) is 0.346. The predicted octanol–water partition coefficient (Wildman–Crippen LogP) is 3.88. The Morgan fingerprint density at radius 2 is 1.93 bits per heavy atom. The van der Waals surface area contributed by atoms with Gasteiger partial charge in [0.2, 0.25) is 5.91 Å². The lowest BCUT2D eigenvalue weighted by molar-refractivity contribution is -0.111. The van der Waals surface area contributed by atoms with Gasteiger partial charge in [0.25, 0.3) is 5.91 Å². The van der Waals surface area contributed by atoms with E-state index >= 15 is 4.39 Å². The average Bonchev–Trinajstić information content (AvgIpc) is 2.97. The van der Waals surface area contributed by atoms with Gasteiger partial charge >= 0.3 is 0 Å². The molecular formula is C29H30FN7O3. The maximum Gasteiger partial charge on any atom is 0.255 e. The molecule has 40 heavy (non-hydrogen) atoms. The van der Waals surface area contributed by atoms with Crippen molar-refractivity contribution < 1.29 is 18.7 Å². The van der Waals surface area contributed by atoms with E-state index in [1.165, 1.54) is 37.6 Å². The molecule has 1 saturated heterocycles. The maximum absolute atomic E-state index is 15.5. The fourth-order valence-corrected chi connectivity index (χ4v) is 4.59. The summed E-state index contributed by atoms with van der Waals surface area (Å²) in [6.07, 6.45) is 2.48. The molecule has 0 radical (unpaired) electrons. The van der Waals surface area contributed by atoms with Gasteiger partial charge in [-0.15, -0.1) is 0 Å². The molecule has 0 aliphatic carbocycles. The number of methoxy groups -OCH3 is 1. The van der Waals surface area contributed by atoms with E-state index in [9.17, 15) is 14.9 Å². The number of aromatic nitrogens is 1. The molecule has 0 bridgehead atoms. The highest BCUT2D eigenvalue weighted by Gasteiger charge is 2.22. The lowest BCUT2D eigenvalue weighted by Crippen LogP contribution is -2.46. The van der Waals surface area contributed by atoms with E-state index in [1.54, 1.807) is 0 Å². The zero-order valence-electron chi connectivity index (χ0n) is 22.3. The number of hydrogen-bond donors (Lipinski definition) is 3. The molecule has 3 aromatic rings. The van der Waals surface area contributed by atoms with Crippen molar-refractivity contribution in [3.8, 4) is 22.9 Å². The molecule has 206 valence electrons. The summed E-state index contributed by atoms with van der Waals surface area (Å²) in [6.45, 7) is 10.3. The number of nitrogens with one attached hydrogen (secondary N) is 2. The Labute approximate surface area is 231 Å². The molecule has 0 unspecified atom stereocenters. The maximum atomic E-state index is 15.5. The van der Waals surface area contributed by atoms with E-state index in [0.717, 1.165) is 38.4 Å². The largest absolute Gasteiger partial charge is 0.496 e. The molecule has 0 saturated carbocycles. The Morgan fingerprint density at radius 3 is 2.55 bits per heavy atom. The number of benzene rings is 2. The molecule has 1 aliphatic heterocycles. The summed E-state index contributed by atoms with van der Waals surface area (Å²) in [5, 5.41) is 15.7. The molecule has 1 fully saturated rings. The van der Waals surface area contributed by atoms with Gasteiger partial charge in [-0.25, -0.2) is 9.37 Å². The van der Waals surface area contributed by atoms with E-state index in [1.807, 2.05) is 24.3 Å². The summed E-state index contributed by atoms with van der Waals surface area (Å²) in [6, 6.07) is 12.0. The first kappa shape index (κ1) is 28.1. The van der Waals surface area contributed by atoms with Crippen LogP contribution < -0.4 is 26.0 Å². The molecule has 11 heteroatoms. The molecule has 2 amide bonds. The minimum atomic E-state index is -0.999. The highest BCUT2D eigenvalue weighted by Crippen LogP contribution is 2.35. The number of rotatable bonds is 9. The lowest BCUT2D eigenvalue weighted by Gasteiger charge is -2.35. The number of amides is 2. The summed E-state index contributed by atoms with van der Waals surface area (Å²) in [5.74, 6) is -2.03. The van der Waals surface area contributed by atoms with E-state index in [2.05, 4.69) is 38.9 Å². The number of likely N-dealkylation sites (N-methyl/N-ethyl adjacent to an activating group) is 1. The highest BCUT2D eigenvalue weighted by molar-refractivity contribution is 6.02. The minimum absolute atomic E-state index is 0.0153. The van der Waals surface area contributed by atoms with Gasteiger partial charge in [-0.3, -0.25) is 9.59 Å². The fourth-order valence-electron chi connectivity index (χ4n) is 4.59. The van der Waals surface area contributed by atoms with Gasteiger partial charge in [-0.1, -0.05) is 13.5 Å². The van der Waals surface area contributed by atoms with Gasteiger partial charge < -0.3 is 30.9 Å². The van der Waals surface area contributed by atoms with Crippen LogP contribution in [0.2, 0.25) is 0 Å². The topological polar surface area (TPSA) is 137 Å². The molecule has 1 aromatic heterocycles. The number of primary amides is 1. The number of halogens is 1. The summed E-state index contributed by atoms with van der Waals surface area (Å²) < 4.78 is 20.5. The van der Waals surface area contributed by atoms with E-state index in [0.29, 0.717) is 11.4 Å². The summed E-state index contributed by atoms with van der Waals surface area (Å²) in [5.41, 5.74) is 7.23. The number of pyridine rings is 1. The van der Waals surface area contributed by atoms with Crippen molar-refractivity contribution in [1.29, 1.82) is 5.26 Å². The van der Waals surface area contributed by atoms with Crippen molar-refractivity contribution in [3.05, 3.63) is 72.2 Å². The smallest absolute Gasteiger partial charge is 0.255 e. The Balaban J connectivity index is 1.71. The fraction of sp³-hybridized carbons (Fsp3) is 0.241. The van der Waals surface area contributed by atoms with Crippen molar-refractivity contribution in [2.45, 2.75) is 6.92 Å². The Morgan fingerprint density at radius 1 is 1.18 bits per heavy atom. The van der Waals surface area contributed by atoms with Crippen molar-refractivity contribution in [2.24, 2.45) is 5.73 Å². The zero-order chi connectivity index (χ0) is 28.8. The molecule has 0 spiro atoms. The summed E-state index contributed by atoms with van der Waals surface area (Å²) >= 11 is 0. The molecular weight excluding hydrogens is 513 g/mol. The third-order valence-corrected chi connectivity index (χ3v) is 6.78. The second-order valence-electron chi connectivity index (χ2n) is 9.07. The van der Waals surface area contributed by atoms with Gasteiger partial charge in [0.05, 0.1) is 24.0 Å². The van der Waals surface area contributed by atoms with E-state index < -0.39 is 17.3 Å². The SMILES string of the molecule is C=CC(=O)Nc1cc(N2CCN(CC)CC2)ccc1Nc1cc(-c2ccc(OC)c(C(N)=O)c2F)c(C#N)cn1. The lowest BCUT2D eigenvalue weighted by atomic mass is 9.98. The van der Waals surface area contributed by atoms with Crippen molar-refractivity contribution >= 4 is 34.7 Å². The standard InChI is InChI=1S/C29H30FN7O3/c1-4-26(38)35-23-14-19(37-12-10-36(5-2)11-13-37)6-8-22(23)34-25-15-21(18(16-31)17-33-25)20-7-9-24(40-3)27(28(20)30)29(32)39/h4,6-9,14-15,17H,1,5,10-13H2,2-3H3,(H2,32,39)(H,33,34)(H,35,38). The van der Waals surface area contributed by atoms with Crippen molar-refractivity contribution in [2.75, 3.05) is 55.4 Å². The Kier molecular flexibility index (Phi) is 8.61. The van der Waals surface area contributed by atoms with Gasteiger partial charge in [0.15, 0.2) is 0 Å². The first-order valence-electron chi connectivity index (χ1n) is 12.7. The van der Waals surface area contributed by atoms with Gasteiger partial charge in [0.1, 0.15) is 29.0 Å². The number of nitrogens with two attached hydrogens (primary N) is 1. The second-order valence-corrected chi connectivity index (χ2v) is 9.07. The van der Waals surface area contributed by atoms with Crippen LogP contribution in [0.15, 0.2) is 55.3 Å². The Bertz CT molecular complexity index is 1490. The van der Waals surface area contributed by atoms with Crippen LogP contribution in [-0.4, -0.2) is 61.5 Å². The normalized spacial score (nSPS) is 13.3. The highest BCUT2D eigenvalue weighted by atomic mass is 19.1. The average molecular weight is 544 g/mol. The zero-order valence-corrected chi connectivity index (χ0v) is 22.3. The van der Waals surface area contributed by atoms with Crippen LogP contribution >= 0.6 is 0 Å². The van der Waals surface area contributed by atoms with Crippen LogP contribution in [0.3, 0.4) is 0 Å². The molecule has 4 rings (SSSR count). The van der Waals surface area contributed by atoms with Crippen LogP contribution in [0.1, 0.15) is 22.8 Å². The first-order chi connectivity index (χ1) is 19.3. The van der Waals surface area contributed by atoms with Gasteiger partial charge in [0, 0.05) is 49.2 Å². The number of piperazine rings is 1. The second kappa shape index (κ2) is 12.3. The molecule has 4 N–H and O–H groups in total. The van der Waals surface area contributed by atoms with Crippen molar-refractivity contribution in [3.63, 3.8) is 0 Å². The third kappa shape index (κ3) is 5.87. The van der Waals surface area contributed by atoms with Crippen LogP contribution in [0.25, 0.3) is 11.1 Å². The van der Waals surface area contributed by atoms with Crippen molar-refractivity contribution in [1.82, 2.24) is 9.88 Å². The Hall–Kier alpha value is -4.95. The number of carbonyl (C=O) groups is 2. The first-order valence-corrected chi connectivity index (χ1v) is 12.7. The van der Waals surface area contributed by atoms with Crippen LogP contribution in [0.5, 0.6) is 5.75 Å². The predicted molar refractivity (Wildman–Crippen MR) is 152 cm³/mol. The monoisotopic (exact) mass is 543 g/mol. The third-order valence-electron chi connectivity index (χ3n) is 6.78. The molecule has 2 heterocycles. The summed E-state index contributed by atoms with van der Waals surface area (Å²) in [4.78, 5) is 33.1. The van der Waals surface area contributed by atoms with E-state index in [-0.39, 0.29) is 34.2 Å². The van der Waals surface area contributed by atoms with Crippen LogP contribution in [0, 0.1) is 17.1 Å². The molecule has 1 aliphatic rings. The number of nitrogens with zero attached hydrogens (tertiary/aromatic N) is 4. The number of anilines is 4. The summed E-state index contributed by atoms with van der Waals surface area (Å²) in [7, 11) is 1.30. The van der Waals surface area contributed by atoms with Gasteiger partial charge in [-0.2, -0.15) is 5.26 Å². The molecule has 0 atom stereocenters. The van der Waals surface area contributed by atoms with Crippen LogP contribution in [-0.2, 0) is 4.79 Å². The number of hydrogen-bond acceptors (Lipinski definition) is 8.